The fourth-order valence-electron chi connectivity index (χ4n) is 3.22. The van der Waals surface area contributed by atoms with Crippen LogP contribution in [0.15, 0.2) is 49.2 Å². The summed E-state index contributed by atoms with van der Waals surface area (Å²) < 4.78 is 13.5. The molecule has 0 unspecified atom stereocenters. The highest BCUT2D eigenvalue weighted by Crippen LogP contribution is 2.33. The molecule has 0 aliphatic heterocycles. The molecular formula is C24H24Br2ClN3O4. The summed E-state index contributed by atoms with van der Waals surface area (Å²) in [4.78, 5) is 30.1. The topological polar surface area (TPSA) is 82.8 Å². The number of carbonyl (C=O) groups is 1. The van der Waals surface area contributed by atoms with Crippen LogP contribution in [-0.2, 0) is 16.0 Å². The molecule has 0 saturated heterocycles. The summed E-state index contributed by atoms with van der Waals surface area (Å²) in [5.41, 5.74) is 0.818. The molecule has 34 heavy (non-hydrogen) atoms. The Bertz CT molecular complexity index is 1290. The number of hydrogen-bond acceptors (Lipinski definition) is 6. The van der Waals surface area contributed by atoms with Crippen molar-refractivity contribution in [1.29, 1.82) is 0 Å². The lowest BCUT2D eigenvalue weighted by Gasteiger charge is -2.17. The van der Waals surface area contributed by atoms with Gasteiger partial charge >= 0.3 is 5.97 Å². The van der Waals surface area contributed by atoms with Crippen LogP contribution in [-0.4, -0.2) is 34.6 Å². The van der Waals surface area contributed by atoms with Gasteiger partial charge in [0.25, 0.3) is 5.56 Å². The van der Waals surface area contributed by atoms with E-state index in [4.69, 9.17) is 21.1 Å². The van der Waals surface area contributed by atoms with Crippen molar-refractivity contribution in [2.24, 2.45) is 5.10 Å². The molecule has 0 aliphatic rings. The van der Waals surface area contributed by atoms with Crippen molar-refractivity contribution in [3.63, 3.8) is 0 Å². The van der Waals surface area contributed by atoms with Crippen molar-refractivity contribution >= 4 is 66.5 Å². The Balaban J connectivity index is 2.09. The zero-order valence-corrected chi connectivity index (χ0v) is 22.9. The van der Waals surface area contributed by atoms with Crippen LogP contribution in [0.25, 0.3) is 10.9 Å². The van der Waals surface area contributed by atoms with Gasteiger partial charge in [0, 0.05) is 21.5 Å². The summed E-state index contributed by atoms with van der Waals surface area (Å²) in [6, 6.07) is 8.68. The fourth-order valence-corrected chi connectivity index (χ4v) is 4.50. The molecule has 0 N–H and O–H groups in total. The van der Waals surface area contributed by atoms with Gasteiger partial charge < -0.3 is 9.47 Å². The Kier molecular flexibility index (Phi) is 9.27. The van der Waals surface area contributed by atoms with Crippen molar-refractivity contribution < 1.29 is 14.3 Å². The molecule has 0 amide bonds. The van der Waals surface area contributed by atoms with Crippen LogP contribution in [0.1, 0.15) is 45.0 Å². The molecule has 3 rings (SSSR count). The number of aromatic nitrogens is 2. The number of esters is 1. The number of aryl methyl sites for hydroxylation is 1. The average Bonchev–Trinajstić information content (AvgIpc) is 2.79. The number of fused-ring (bicyclic) bond motifs is 1. The first-order valence-electron chi connectivity index (χ1n) is 10.8. The van der Waals surface area contributed by atoms with Crippen LogP contribution in [0, 0.1) is 0 Å². The molecule has 3 aromatic rings. The van der Waals surface area contributed by atoms with E-state index in [-0.39, 0.29) is 12.2 Å². The fraction of sp³-hybridized carbons (Fsp3) is 0.333. The van der Waals surface area contributed by atoms with Crippen LogP contribution >= 0.6 is 43.5 Å². The minimum Gasteiger partial charge on any atom is -0.477 e. The number of carbonyl (C=O) groups excluding carboxylic acids is 1. The van der Waals surface area contributed by atoms with Crippen LogP contribution in [0.5, 0.6) is 5.75 Å². The minimum atomic E-state index is -0.855. The maximum absolute atomic E-state index is 13.3. The van der Waals surface area contributed by atoms with E-state index in [1.807, 2.05) is 6.07 Å². The molecule has 1 atom stereocenters. The highest BCUT2D eigenvalue weighted by atomic mass is 79.9. The Morgan fingerprint density at radius 2 is 2.03 bits per heavy atom. The number of benzene rings is 2. The van der Waals surface area contributed by atoms with Crippen molar-refractivity contribution in [2.75, 3.05) is 6.61 Å². The zero-order chi connectivity index (χ0) is 24.8. The summed E-state index contributed by atoms with van der Waals surface area (Å²) in [5, 5.41) is 5.35. The molecule has 0 radical (unpaired) electrons. The van der Waals surface area contributed by atoms with Gasteiger partial charge in [-0.25, -0.2) is 9.78 Å². The Labute approximate surface area is 219 Å². The third-order valence-electron chi connectivity index (χ3n) is 4.89. The summed E-state index contributed by atoms with van der Waals surface area (Å²) in [7, 11) is 0. The van der Waals surface area contributed by atoms with Crippen LogP contribution in [0.3, 0.4) is 0 Å². The standard InChI is InChI=1S/C24H24Br2ClN3O4/c1-4-6-7-21-29-20-9-8-16(25)11-18(20)23(31)30(21)28-13-15-10-17(27)12-19(26)22(15)34-14(3)24(32)33-5-2/h8-14H,4-7H2,1-3H3/t14-/m1/s1. The van der Waals surface area contributed by atoms with Crippen molar-refractivity contribution in [3.05, 3.63) is 66.0 Å². The normalized spacial score (nSPS) is 12.3. The quantitative estimate of drug-likeness (QED) is 0.214. The van der Waals surface area contributed by atoms with Gasteiger partial charge in [-0.3, -0.25) is 4.79 Å². The van der Waals surface area contributed by atoms with Gasteiger partial charge in [-0.2, -0.15) is 9.78 Å². The molecule has 1 aromatic heterocycles. The molecule has 180 valence electrons. The van der Waals surface area contributed by atoms with Crippen LogP contribution < -0.4 is 10.3 Å². The highest BCUT2D eigenvalue weighted by Gasteiger charge is 2.20. The van der Waals surface area contributed by atoms with E-state index in [0.717, 1.165) is 17.3 Å². The van der Waals surface area contributed by atoms with Gasteiger partial charge in [0.2, 0.25) is 0 Å². The first-order valence-corrected chi connectivity index (χ1v) is 12.8. The summed E-state index contributed by atoms with van der Waals surface area (Å²) in [6.07, 6.45) is 3.03. The van der Waals surface area contributed by atoms with Crippen molar-refractivity contribution in [1.82, 2.24) is 9.66 Å². The number of unbranched alkanes of at least 4 members (excludes halogenated alkanes) is 1. The van der Waals surface area contributed by atoms with Gasteiger partial charge in [-0.15, -0.1) is 0 Å². The molecule has 10 heteroatoms. The second kappa shape index (κ2) is 12.0. The van der Waals surface area contributed by atoms with E-state index >= 15 is 0 Å². The third-order valence-corrected chi connectivity index (χ3v) is 6.19. The minimum absolute atomic E-state index is 0.247. The largest absolute Gasteiger partial charge is 0.477 e. The van der Waals surface area contributed by atoms with Crippen molar-refractivity contribution in [3.8, 4) is 5.75 Å². The molecule has 0 spiro atoms. The number of halogens is 3. The number of ether oxygens (including phenoxy) is 2. The predicted octanol–water partition coefficient (Wildman–Crippen LogP) is 6.13. The molecule has 0 aliphatic carbocycles. The number of hydrogen-bond donors (Lipinski definition) is 0. The molecule has 2 aromatic carbocycles. The van der Waals surface area contributed by atoms with Crippen molar-refractivity contribution in [2.45, 2.75) is 46.1 Å². The first-order chi connectivity index (χ1) is 16.2. The summed E-state index contributed by atoms with van der Waals surface area (Å²) in [6.45, 7) is 5.64. The Hall–Kier alpha value is -2.23. The second-order valence-corrected chi connectivity index (χ2v) is 9.68. The predicted molar refractivity (Wildman–Crippen MR) is 141 cm³/mol. The average molecular weight is 614 g/mol. The first kappa shape index (κ1) is 26.4. The van der Waals surface area contributed by atoms with Gasteiger partial charge in [-0.05, 0) is 66.5 Å². The van der Waals surface area contributed by atoms with E-state index in [1.165, 1.54) is 10.9 Å². The third kappa shape index (κ3) is 6.25. The molecule has 0 saturated carbocycles. The lowest BCUT2D eigenvalue weighted by Crippen LogP contribution is -2.26. The smallest absolute Gasteiger partial charge is 0.347 e. The molecule has 0 bridgehead atoms. The van der Waals surface area contributed by atoms with Crippen LogP contribution in [0.2, 0.25) is 5.02 Å². The lowest BCUT2D eigenvalue weighted by atomic mass is 10.2. The molecule has 0 fully saturated rings. The highest BCUT2D eigenvalue weighted by molar-refractivity contribution is 9.10. The summed E-state index contributed by atoms with van der Waals surface area (Å²) in [5.74, 6) is 0.421. The molecule has 7 nitrogen and oxygen atoms in total. The second-order valence-electron chi connectivity index (χ2n) is 7.47. The van der Waals surface area contributed by atoms with Crippen LogP contribution in [0.4, 0.5) is 0 Å². The van der Waals surface area contributed by atoms with Gasteiger partial charge in [-0.1, -0.05) is 40.9 Å². The summed E-state index contributed by atoms with van der Waals surface area (Å²) >= 11 is 13.1. The maximum atomic E-state index is 13.3. The van der Waals surface area contributed by atoms with E-state index in [1.54, 1.807) is 38.1 Å². The lowest BCUT2D eigenvalue weighted by molar-refractivity contribution is -0.150. The molecule has 1 heterocycles. The van der Waals surface area contributed by atoms with E-state index < -0.39 is 12.1 Å². The molecular weight excluding hydrogens is 590 g/mol. The van der Waals surface area contributed by atoms with E-state index in [9.17, 15) is 9.59 Å². The number of rotatable bonds is 9. The van der Waals surface area contributed by atoms with E-state index in [2.05, 4.69) is 48.9 Å². The SMILES string of the molecule is CCCCc1nc2ccc(Br)cc2c(=O)n1N=Cc1cc(Cl)cc(Br)c1O[C@H](C)C(=O)OCC. The zero-order valence-electron chi connectivity index (χ0n) is 19.0. The maximum Gasteiger partial charge on any atom is 0.347 e. The monoisotopic (exact) mass is 611 g/mol. The van der Waals surface area contributed by atoms with E-state index in [0.29, 0.717) is 44.0 Å². The van der Waals surface area contributed by atoms with Gasteiger partial charge in [0.05, 0.1) is 28.2 Å². The number of nitrogens with zero attached hydrogens (tertiary/aromatic N) is 3. The Morgan fingerprint density at radius 1 is 1.26 bits per heavy atom. The van der Waals surface area contributed by atoms with Gasteiger partial charge in [0.1, 0.15) is 11.6 Å². The Morgan fingerprint density at radius 3 is 2.74 bits per heavy atom. The van der Waals surface area contributed by atoms with Gasteiger partial charge in [0.15, 0.2) is 6.10 Å².